The lowest BCUT2D eigenvalue weighted by Gasteiger charge is -2.25. The summed E-state index contributed by atoms with van der Waals surface area (Å²) in [7, 11) is -7.95. The van der Waals surface area contributed by atoms with E-state index in [2.05, 4.69) is 13.8 Å². The second-order valence-electron chi connectivity index (χ2n) is 6.97. The van der Waals surface area contributed by atoms with Gasteiger partial charge in [-0.05, 0) is 26.7 Å². The zero-order valence-corrected chi connectivity index (χ0v) is 20.4. The fourth-order valence-corrected chi connectivity index (χ4v) is 7.78. The predicted molar refractivity (Wildman–Crippen MR) is 117 cm³/mol. The van der Waals surface area contributed by atoms with E-state index in [1.165, 1.54) is 38.5 Å². The third kappa shape index (κ3) is 12.1. The molecule has 0 bridgehead atoms. The summed E-state index contributed by atoms with van der Waals surface area (Å²) < 4.78 is 48.1. The first-order chi connectivity index (χ1) is 13.5. The Kier molecular flexibility index (Phi) is 18.3. The van der Waals surface area contributed by atoms with Gasteiger partial charge in [-0.15, -0.1) is 0 Å². The van der Waals surface area contributed by atoms with Crippen LogP contribution in [0.4, 0.5) is 0 Å². The molecule has 0 unspecified atom stereocenters. The van der Waals surface area contributed by atoms with Crippen LogP contribution in [0.2, 0.25) is 0 Å². The molecule has 0 radical (unpaired) electrons. The third-order valence-corrected chi connectivity index (χ3v) is 10.4. The van der Waals surface area contributed by atoms with E-state index in [0.717, 1.165) is 38.5 Å². The lowest BCUT2D eigenvalue weighted by atomic mass is 10.1. The van der Waals surface area contributed by atoms with E-state index >= 15 is 0 Å². The Labute approximate surface area is 173 Å². The Morgan fingerprint density at radius 1 is 0.464 bits per heavy atom. The summed E-state index contributed by atoms with van der Waals surface area (Å²) in [5.74, 6) is 0. The van der Waals surface area contributed by atoms with Crippen molar-refractivity contribution >= 4 is 14.6 Å². The molecule has 6 nitrogen and oxygen atoms in total. The molecule has 0 rings (SSSR count). The summed E-state index contributed by atoms with van der Waals surface area (Å²) in [6.07, 6.45) is 13.0. The van der Waals surface area contributed by atoms with Crippen LogP contribution in [0.25, 0.3) is 0 Å². The summed E-state index contributed by atoms with van der Waals surface area (Å²) >= 11 is 0. The van der Waals surface area contributed by atoms with E-state index in [4.69, 9.17) is 18.1 Å². The quantitative estimate of drug-likeness (QED) is 0.132. The number of rotatable bonds is 21. The van der Waals surface area contributed by atoms with Gasteiger partial charge in [0.1, 0.15) is 0 Å². The van der Waals surface area contributed by atoms with Gasteiger partial charge in [0.2, 0.25) is 0 Å². The van der Waals surface area contributed by atoms with E-state index < -0.39 is 14.6 Å². The summed E-state index contributed by atoms with van der Waals surface area (Å²) in [6, 6.07) is 0. The molecule has 0 saturated carbocycles. The van der Waals surface area contributed by atoms with E-state index in [0.29, 0.717) is 0 Å². The summed E-state index contributed by atoms with van der Waals surface area (Å²) in [5, 5.41) is 0. The van der Waals surface area contributed by atoms with Gasteiger partial charge in [-0.25, -0.2) is 9.13 Å². The van der Waals surface area contributed by atoms with Crippen LogP contribution in [0.15, 0.2) is 0 Å². The van der Waals surface area contributed by atoms with Crippen LogP contribution < -0.4 is 0 Å². The summed E-state index contributed by atoms with van der Waals surface area (Å²) in [5.41, 5.74) is 0. The second kappa shape index (κ2) is 18.1. The minimum atomic E-state index is -3.99. The van der Waals surface area contributed by atoms with Crippen molar-refractivity contribution in [1.29, 1.82) is 0 Å². The van der Waals surface area contributed by atoms with Gasteiger partial charge in [-0.3, -0.25) is 0 Å². The van der Waals surface area contributed by atoms with Gasteiger partial charge in [0, 0.05) is 0 Å². The maximum Gasteiger partial charge on any atom is 0.441 e. The molecule has 0 spiro atoms. The fraction of sp³-hybridized carbons (Fsp3) is 1.00. The molecule has 0 heterocycles. The molecule has 28 heavy (non-hydrogen) atoms. The standard InChI is InChI=1S/C20H44O6P2/c1-5-9-11-13-15-17-19-25-28(22,27(21,23-7-3)24-8-4)26-20-18-16-14-12-10-6-2/h5-20H2,1-4H3. The molecule has 0 aromatic rings. The van der Waals surface area contributed by atoms with Crippen LogP contribution in [0, 0.1) is 0 Å². The van der Waals surface area contributed by atoms with Crippen LogP contribution in [-0.4, -0.2) is 26.4 Å². The number of hydrogen-bond donors (Lipinski definition) is 0. The normalized spacial score (nSPS) is 12.6. The highest BCUT2D eigenvalue weighted by molar-refractivity contribution is 8.27. The minimum Gasteiger partial charge on any atom is -0.300 e. The third-order valence-electron chi connectivity index (χ3n) is 4.39. The molecular weight excluding hydrogens is 398 g/mol. The van der Waals surface area contributed by atoms with Gasteiger partial charge < -0.3 is 18.1 Å². The van der Waals surface area contributed by atoms with Crippen molar-refractivity contribution in [2.75, 3.05) is 26.4 Å². The largest absolute Gasteiger partial charge is 0.441 e. The fourth-order valence-electron chi connectivity index (χ4n) is 2.81. The van der Waals surface area contributed by atoms with Crippen LogP contribution in [-0.2, 0) is 27.2 Å². The molecule has 0 atom stereocenters. The van der Waals surface area contributed by atoms with Crippen molar-refractivity contribution in [3.63, 3.8) is 0 Å². The summed E-state index contributed by atoms with van der Waals surface area (Å²) in [4.78, 5) is 0. The van der Waals surface area contributed by atoms with Gasteiger partial charge in [0.15, 0.2) is 0 Å². The van der Waals surface area contributed by atoms with Crippen molar-refractivity contribution < 1.29 is 27.2 Å². The van der Waals surface area contributed by atoms with Crippen LogP contribution >= 0.6 is 14.6 Å². The van der Waals surface area contributed by atoms with Gasteiger partial charge >= 0.3 is 14.6 Å². The maximum absolute atomic E-state index is 13.3. The Bertz CT molecular complexity index is 412. The van der Waals surface area contributed by atoms with E-state index in [-0.39, 0.29) is 26.4 Å². The van der Waals surface area contributed by atoms with Crippen molar-refractivity contribution in [3.8, 4) is 0 Å². The number of unbranched alkanes of at least 4 members (excludes halogenated alkanes) is 10. The lowest BCUT2D eigenvalue weighted by Crippen LogP contribution is -2.05. The van der Waals surface area contributed by atoms with Crippen LogP contribution in [0.1, 0.15) is 105 Å². The minimum absolute atomic E-state index is 0.127. The first kappa shape index (κ1) is 28.3. The van der Waals surface area contributed by atoms with Gasteiger partial charge in [0.05, 0.1) is 26.4 Å². The molecule has 170 valence electrons. The average molecular weight is 443 g/mol. The lowest BCUT2D eigenvalue weighted by molar-refractivity contribution is 0.180. The molecule has 0 aliphatic heterocycles. The van der Waals surface area contributed by atoms with Crippen molar-refractivity contribution in [2.24, 2.45) is 0 Å². The smallest absolute Gasteiger partial charge is 0.300 e. The first-order valence-electron chi connectivity index (χ1n) is 11.3. The highest BCUT2D eigenvalue weighted by atomic mass is 32.1. The molecule has 0 N–H and O–H groups in total. The highest BCUT2D eigenvalue weighted by Crippen LogP contribution is 2.83. The Balaban J connectivity index is 4.63. The molecule has 0 aliphatic rings. The van der Waals surface area contributed by atoms with Crippen molar-refractivity contribution in [1.82, 2.24) is 0 Å². The van der Waals surface area contributed by atoms with Crippen LogP contribution in [0.3, 0.4) is 0 Å². The van der Waals surface area contributed by atoms with Gasteiger partial charge in [-0.2, -0.15) is 0 Å². The highest BCUT2D eigenvalue weighted by Gasteiger charge is 2.50. The van der Waals surface area contributed by atoms with Crippen molar-refractivity contribution in [2.45, 2.75) is 105 Å². The predicted octanol–water partition coefficient (Wildman–Crippen LogP) is 8.11. The molecule has 0 saturated heterocycles. The van der Waals surface area contributed by atoms with Crippen LogP contribution in [0.5, 0.6) is 0 Å². The molecule has 0 amide bonds. The van der Waals surface area contributed by atoms with E-state index in [1.807, 2.05) is 0 Å². The van der Waals surface area contributed by atoms with Crippen molar-refractivity contribution in [3.05, 3.63) is 0 Å². The zero-order chi connectivity index (χ0) is 21.1. The molecule has 0 aromatic heterocycles. The monoisotopic (exact) mass is 442 g/mol. The Hall–Kier alpha value is 0.300. The first-order valence-corrected chi connectivity index (χ1v) is 15.1. The van der Waals surface area contributed by atoms with Gasteiger partial charge in [0.25, 0.3) is 0 Å². The SMILES string of the molecule is CCCCCCCCOP(=O)(OCCCCCCCC)P(=O)(OCC)OCC. The molecule has 0 aliphatic carbocycles. The topological polar surface area (TPSA) is 71.1 Å². The number of hydrogen-bond acceptors (Lipinski definition) is 6. The molecule has 0 aromatic carbocycles. The van der Waals surface area contributed by atoms with Gasteiger partial charge in [-0.1, -0.05) is 78.1 Å². The second-order valence-corrected chi connectivity index (χ2v) is 12.8. The van der Waals surface area contributed by atoms with E-state index in [9.17, 15) is 9.13 Å². The summed E-state index contributed by atoms with van der Waals surface area (Å²) in [6.45, 7) is 8.48. The van der Waals surface area contributed by atoms with E-state index in [1.54, 1.807) is 13.8 Å². The molecule has 0 fully saturated rings. The average Bonchev–Trinajstić information content (AvgIpc) is 2.67. The molecular formula is C20H44O6P2. The zero-order valence-electron chi connectivity index (χ0n) is 18.7. The Morgan fingerprint density at radius 3 is 1.14 bits per heavy atom. The Morgan fingerprint density at radius 2 is 0.786 bits per heavy atom. The maximum atomic E-state index is 13.3. The molecule has 8 heteroatoms.